The first-order chi connectivity index (χ1) is 6.72. The number of benzene rings is 1. The van der Waals surface area contributed by atoms with Crippen LogP contribution < -0.4 is 5.84 Å². The van der Waals surface area contributed by atoms with E-state index >= 15 is 0 Å². The van der Waals surface area contributed by atoms with Gasteiger partial charge in [-0.1, -0.05) is 11.6 Å². The van der Waals surface area contributed by atoms with Gasteiger partial charge in [0.25, 0.3) is 0 Å². The van der Waals surface area contributed by atoms with E-state index in [9.17, 15) is 0 Å². The Balaban J connectivity index is 2.62. The van der Waals surface area contributed by atoms with Gasteiger partial charge in [-0.2, -0.15) is 5.10 Å². The average molecular weight is 188 g/mol. The fraction of sp³-hybridized carbons (Fsp3) is 0.417. The second-order valence-corrected chi connectivity index (χ2v) is 4.04. The molecule has 0 bridgehead atoms. The Kier molecular flexibility index (Phi) is 2.28. The van der Waals surface area contributed by atoms with Crippen molar-refractivity contribution in [1.82, 2.24) is 0 Å². The van der Waals surface area contributed by atoms with Crippen LogP contribution in [0.3, 0.4) is 0 Å². The zero-order valence-corrected chi connectivity index (χ0v) is 8.80. The van der Waals surface area contributed by atoms with Crippen LogP contribution in [0.2, 0.25) is 0 Å². The number of hydrogen-bond acceptors (Lipinski definition) is 2. The molecule has 0 fully saturated rings. The molecule has 0 amide bonds. The maximum atomic E-state index is 5.41. The monoisotopic (exact) mass is 188 g/mol. The molecule has 1 aromatic carbocycles. The quantitative estimate of drug-likeness (QED) is 0.492. The predicted molar refractivity (Wildman–Crippen MR) is 59.6 cm³/mol. The van der Waals surface area contributed by atoms with Crippen molar-refractivity contribution < 1.29 is 0 Å². The number of nitrogens with zero attached hydrogens (tertiary/aromatic N) is 1. The van der Waals surface area contributed by atoms with E-state index in [1.165, 1.54) is 35.1 Å². The topological polar surface area (TPSA) is 38.4 Å². The lowest BCUT2D eigenvalue weighted by atomic mass is 9.86. The zero-order chi connectivity index (χ0) is 10.1. The third-order valence-electron chi connectivity index (χ3n) is 2.92. The molecule has 0 aliphatic heterocycles. The van der Waals surface area contributed by atoms with Crippen LogP contribution in [0.4, 0.5) is 0 Å². The normalized spacial score (nSPS) is 18.3. The van der Waals surface area contributed by atoms with Crippen LogP contribution in [0.5, 0.6) is 0 Å². The molecule has 2 heteroatoms. The second kappa shape index (κ2) is 3.45. The van der Waals surface area contributed by atoms with Gasteiger partial charge in [-0.3, -0.25) is 0 Å². The van der Waals surface area contributed by atoms with E-state index in [0.29, 0.717) is 0 Å². The van der Waals surface area contributed by atoms with E-state index in [4.69, 9.17) is 5.84 Å². The van der Waals surface area contributed by atoms with Crippen molar-refractivity contribution in [3.05, 3.63) is 34.4 Å². The highest BCUT2D eigenvalue weighted by Gasteiger charge is 2.17. The van der Waals surface area contributed by atoms with Gasteiger partial charge in [-0.15, -0.1) is 0 Å². The van der Waals surface area contributed by atoms with Crippen molar-refractivity contribution in [2.24, 2.45) is 10.9 Å². The maximum absolute atomic E-state index is 5.41. The van der Waals surface area contributed by atoms with Gasteiger partial charge in [0, 0.05) is 5.56 Å². The maximum Gasteiger partial charge on any atom is 0.0675 e. The lowest BCUT2D eigenvalue weighted by Crippen LogP contribution is -2.15. The summed E-state index contributed by atoms with van der Waals surface area (Å²) in [6.07, 6.45) is 3.36. The van der Waals surface area contributed by atoms with Crippen LogP contribution in [0, 0.1) is 13.8 Å². The molecule has 0 saturated carbocycles. The Hall–Kier alpha value is -1.31. The third kappa shape index (κ3) is 1.41. The molecule has 1 aliphatic rings. The van der Waals surface area contributed by atoms with Gasteiger partial charge in [0.15, 0.2) is 0 Å². The number of hydrogen-bond donors (Lipinski definition) is 1. The first-order valence-electron chi connectivity index (χ1n) is 5.09. The van der Waals surface area contributed by atoms with Crippen molar-refractivity contribution in [2.75, 3.05) is 0 Å². The first-order valence-corrected chi connectivity index (χ1v) is 5.09. The van der Waals surface area contributed by atoms with Crippen molar-refractivity contribution in [2.45, 2.75) is 33.1 Å². The summed E-state index contributed by atoms with van der Waals surface area (Å²) in [6, 6.07) is 4.44. The summed E-state index contributed by atoms with van der Waals surface area (Å²) >= 11 is 0. The fourth-order valence-electron chi connectivity index (χ4n) is 2.29. The van der Waals surface area contributed by atoms with E-state index in [-0.39, 0.29) is 0 Å². The molecule has 74 valence electrons. The highest BCUT2D eigenvalue weighted by Crippen LogP contribution is 2.25. The summed E-state index contributed by atoms with van der Waals surface area (Å²) in [6.45, 7) is 4.29. The Morgan fingerprint density at radius 3 is 2.71 bits per heavy atom. The molecule has 2 nitrogen and oxygen atoms in total. The Labute approximate surface area is 84.8 Å². The highest BCUT2D eigenvalue weighted by molar-refractivity contribution is 6.02. The molecule has 0 aromatic heterocycles. The molecule has 0 saturated heterocycles. The second-order valence-electron chi connectivity index (χ2n) is 4.04. The van der Waals surface area contributed by atoms with Crippen LogP contribution in [0.25, 0.3) is 0 Å². The predicted octanol–water partition coefficient (Wildman–Crippen LogP) is 2.30. The lowest BCUT2D eigenvalue weighted by molar-refractivity contribution is 0.827. The van der Waals surface area contributed by atoms with Gasteiger partial charge >= 0.3 is 0 Å². The molecule has 0 unspecified atom stereocenters. The average Bonchev–Trinajstić information content (AvgIpc) is 2.17. The molecule has 2 rings (SSSR count). The molecule has 0 radical (unpaired) electrons. The lowest BCUT2D eigenvalue weighted by Gasteiger charge is -2.20. The van der Waals surface area contributed by atoms with E-state index in [0.717, 1.165) is 12.1 Å². The zero-order valence-electron chi connectivity index (χ0n) is 8.80. The van der Waals surface area contributed by atoms with E-state index in [1.807, 2.05) is 0 Å². The van der Waals surface area contributed by atoms with Crippen LogP contribution in [0.15, 0.2) is 17.2 Å². The molecule has 1 aromatic rings. The minimum Gasteiger partial charge on any atom is -0.323 e. The molecule has 1 aliphatic carbocycles. The summed E-state index contributed by atoms with van der Waals surface area (Å²) in [5.74, 6) is 5.41. The van der Waals surface area contributed by atoms with Gasteiger partial charge in [-0.25, -0.2) is 0 Å². The highest BCUT2D eigenvalue weighted by atomic mass is 15.1. The number of rotatable bonds is 0. The first kappa shape index (κ1) is 9.25. The SMILES string of the molecule is Cc1cc(C)c2c(c1)/C(=N\N)CCC2. The molecule has 0 heterocycles. The van der Waals surface area contributed by atoms with E-state index in [2.05, 4.69) is 31.1 Å². The van der Waals surface area contributed by atoms with Crippen molar-refractivity contribution >= 4 is 5.71 Å². The summed E-state index contributed by atoms with van der Waals surface area (Å²) in [7, 11) is 0. The van der Waals surface area contributed by atoms with Gasteiger partial charge in [0.05, 0.1) is 5.71 Å². The number of nitrogens with two attached hydrogens (primary N) is 1. The number of hydrazone groups is 1. The standard InChI is InChI=1S/C12H16N2/c1-8-6-9(2)10-4-3-5-12(14-13)11(10)7-8/h6-7H,3-5,13H2,1-2H3/b14-12-. The Morgan fingerprint density at radius 2 is 2.00 bits per heavy atom. The number of aryl methyl sites for hydroxylation is 2. The smallest absolute Gasteiger partial charge is 0.0675 e. The van der Waals surface area contributed by atoms with Crippen LogP contribution in [-0.2, 0) is 6.42 Å². The van der Waals surface area contributed by atoms with E-state index in [1.54, 1.807) is 0 Å². The Bertz CT molecular complexity index is 392. The third-order valence-corrected chi connectivity index (χ3v) is 2.92. The van der Waals surface area contributed by atoms with Crippen LogP contribution in [0.1, 0.15) is 35.1 Å². The fourth-order valence-corrected chi connectivity index (χ4v) is 2.29. The molecule has 2 N–H and O–H groups in total. The molecule has 0 spiro atoms. The van der Waals surface area contributed by atoms with Crippen molar-refractivity contribution in [1.29, 1.82) is 0 Å². The van der Waals surface area contributed by atoms with Gasteiger partial charge in [0.2, 0.25) is 0 Å². The van der Waals surface area contributed by atoms with Crippen molar-refractivity contribution in [3.63, 3.8) is 0 Å². The summed E-state index contributed by atoms with van der Waals surface area (Å²) in [5, 5.41) is 3.89. The minimum atomic E-state index is 1.02. The summed E-state index contributed by atoms with van der Waals surface area (Å²) < 4.78 is 0. The van der Waals surface area contributed by atoms with Crippen molar-refractivity contribution in [3.8, 4) is 0 Å². The largest absolute Gasteiger partial charge is 0.323 e. The van der Waals surface area contributed by atoms with Gasteiger partial charge in [-0.05, 0) is 50.3 Å². The van der Waals surface area contributed by atoms with Gasteiger partial charge < -0.3 is 5.84 Å². The minimum absolute atomic E-state index is 1.02. The molecule has 14 heavy (non-hydrogen) atoms. The summed E-state index contributed by atoms with van der Waals surface area (Å²) in [4.78, 5) is 0. The summed E-state index contributed by atoms with van der Waals surface area (Å²) in [5.41, 5.74) is 6.45. The molecular formula is C12H16N2. The van der Waals surface area contributed by atoms with Crippen LogP contribution >= 0.6 is 0 Å². The Morgan fingerprint density at radius 1 is 1.21 bits per heavy atom. The van der Waals surface area contributed by atoms with E-state index < -0.39 is 0 Å². The molecule has 0 atom stereocenters. The van der Waals surface area contributed by atoms with Crippen LogP contribution in [-0.4, -0.2) is 5.71 Å². The van der Waals surface area contributed by atoms with Gasteiger partial charge in [0.1, 0.15) is 0 Å². The molecular weight excluding hydrogens is 172 g/mol. The number of fused-ring (bicyclic) bond motifs is 1.